The van der Waals surface area contributed by atoms with E-state index in [1.807, 2.05) is 11.0 Å². The topological polar surface area (TPSA) is 102 Å². The Morgan fingerprint density at radius 3 is 2.39 bits per heavy atom. The first-order valence-electron chi connectivity index (χ1n) is 8.50. The maximum Gasteiger partial charge on any atom is 0.407 e. The Labute approximate surface area is 168 Å². The van der Waals surface area contributed by atoms with Gasteiger partial charge in [-0.2, -0.15) is 13.5 Å². The number of hydrogen-bond acceptors (Lipinski definition) is 5. The zero-order valence-corrected chi connectivity index (χ0v) is 16.4. The van der Waals surface area contributed by atoms with Gasteiger partial charge in [0.15, 0.2) is 0 Å². The molecule has 1 aliphatic heterocycles. The van der Waals surface area contributed by atoms with E-state index in [0.717, 1.165) is 5.69 Å². The van der Waals surface area contributed by atoms with Gasteiger partial charge in [0.2, 0.25) is 0 Å². The fraction of sp³-hybridized carbons (Fsp3) is 0.222. The first-order chi connectivity index (χ1) is 13.4. The first-order valence-corrected chi connectivity index (χ1v) is 10.4. The second kappa shape index (κ2) is 8.49. The Morgan fingerprint density at radius 1 is 1.07 bits per heavy atom. The number of amides is 1. The number of rotatable bonds is 5. The summed E-state index contributed by atoms with van der Waals surface area (Å²) in [4.78, 5) is 16.7. The van der Waals surface area contributed by atoms with Crippen molar-refractivity contribution >= 4 is 39.6 Å². The van der Waals surface area contributed by atoms with Gasteiger partial charge in [-0.25, -0.2) is 9.63 Å². The van der Waals surface area contributed by atoms with Gasteiger partial charge in [-0.05, 0) is 24.3 Å². The third-order valence-corrected chi connectivity index (χ3v) is 5.91. The highest BCUT2D eigenvalue weighted by molar-refractivity contribution is 7.89. The zero-order valence-electron chi connectivity index (χ0n) is 14.8. The summed E-state index contributed by atoms with van der Waals surface area (Å²) in [5.41, 5.74) is 1.32. The van der Waals surface area contributed by atoms with Crippen molar-refractivity contribution in [2.75, 3.05) is 31.1 Å². The van der Waals surface area contributed by atoms with Crippen molar-refractivity contribution in [3.8, 4) is 0 Å². The Hall–Kier alpha value is -2.78. The molecule has 1 heterocycles. The highest BCUT2D eigenvalue weighted by Gasteiger charge is 2.22. The number of hydrogen-bond donors (Lipinski definition) is 2. The summed E-state index contributed by atoms with van der Waals surface area (Å²) in [6.45, 7) is 1.75. The minimum atomic E-state index is -3.77. The molecule has 0 spiro atoms. The number of hydrazone groups is 1. The van der Waals surface area contributed by atoms with Crippen LogP contribution in [0, 0.1) is 0 Å². The Kier molecular flexibility index (Phi) is 6.05. The molecule has 0 aliphatic carbocycles. The third-order valence-electron chi connectivity index (χ3n) is 4.34. The molecule has 1 fully saturated rings. The fourth-order valence-corrected chi connectivity index (χ4v) is 3.91. The van der Waals surface area contributed by atoms with Crippen molar-refractivity contribution in [2.24, 2.45) is 5.10 Å². The maximum atomic E-state index is 12.3. The van der Waals surface area contributed by atoms with Gasteiger partial charge in [0.05, 0.1) is 16.1 Å². The van der Waals surface area contributed by atoms with Crippen molar-refractivity contribution < 1.29 is 18.3 Å². The largest absolute Gasteiger partial charge is 0.465 e. The van der Waals surface area contributed by atoms with Crippen molar-refractivity contribution in [2.45, 2.75) is 4.90 Å². The molecule has 1 amide bonds. The van der Waals surface area contributed by atoms with Crippen LogP contribution in [0.3, 0.4) is 0 Å². The van der Waals surface area contributed by atoms with Crippen LogP contribution in [-0.2, 0) is 10.0 Å². The van der Waals surface area contributed by atoms with Gasteiger partial charge >= 0.3 is 6.09 Å². The Morgan fingerprint density at radius 2 is 1.75 bits per heavy atom. The second-order valence-electron chi connectivity index (χ2n) is 6.10. The van der Waals surface area contributed by atoms with Gasteiger partial charge in [0, 0.05) is 37.4 Å². The monoisotopic (exact) mass is 422 g/mol. The molecule has 0 radical (unpaired) electrons. The molecule has 0 aromatic heterocycles. The van der Waals surface area contributed by atoms with Crippen LogP contribution in [0.1, 0.15) is 5.56 Å². The average Bonchev–Trinajstić information content (AvgIpc) is 2.70. The molecular formula is C18H19ClN4O4S. The molecule has 1 aliphatic rings. The van der Waals surface area contributed by atoms with Crippen molar-refractivity contribution in [3.05, 3.63) is 59.1 Å². The van der Waals surface area contributed by atoms with E-state index < -0.39 is 16.1 Å². The molecule has 2 N–H and O–H groups in total. The molecule has 2 aromatic carbocycles. The van der Waals surface area contributed by atoms with E-state index >= 15 is 0 Å². The smallest absolute Gasteiger partial charge is 0.407 e. The van der Waals surface area contributed by atoms with Gasteiger partial charge < -0.3 is 14.9 Å². The molecular weight excluding hydrogens is 404 g/mol. The van der Waals surface area contributed by atoms with E-state index in [9.17, 15) is 13.2 Å². The summed E-state index contributed by atoms with van der Waals surface area (Å²) in [7, 11) is -3.77. The summed E-state index contributed by atoms with van der Waals surface area (Å²) < 4.78 is 24.5. The van der Waals surface area contributed by atoms with E-state index in [-0.39, 0.29) is 4.90 Å². The average molecular weight is 423 g/mol. The molecule has 0 atom stereocenters. The van der Waals surface area contributed by atoms with Gasteiger partial charge in [-0.1, -0.05) is 35.9 Å². The van der Waals surface area contributed by atoms with Crippen LogP contribution in [0.25, 0.3) is 0 Å². The normalized spacial score (nSPS) is 15.0. The lowest BCUT2D eigenvalue weighted by Crippen LogP contribution is -2.48. The summed E-state index contributed by atoms with van der Waals surface area (Å²) >= 11 is 6.30. The van der Waals surface area contributed by atoms with E-state index in [0.29, 0.717) is 36.8 Å². The van der Waals surface area contributed by atoms with E-state index in [1.165, 1.54) is 23.2 Å². The molecule has 0 bridgehead atoms. The molecule has 0 unspecified atom stereocenters. The number of halogens is 1. The first kappa shape index (κ1) is 20.0. The third kappa shape index (κ3) is 4.55. The number of sulfonamides is 1. The number of benzene rings is 2. The molecule has 0 saturated carbocycles. The van der Waals surface area contributed by atoms with Crippen molar-refractivity contribution in [1.82, 2.24) is 9.73 Å². The SMILES string of the molecule is O=C(O)N1CCN(c2cccc(Cl)c2/C=N\NS(=O)(=O)c2ccccc2)CC1. The van der Waals surface area contributed by atoms with Gasteiger partial charge in [0.25, 0.3) is 10.0 Å². The summed E-state index contributed by atoms with van der Waals surface area (Å²) in [6.07, 6.45) is 0.421. The van der Waals surface area contributed by atoms with E-state index in [2.05, 4.69) is 9.93 Å². The van der Waals surface area contributed by atoms with Crippen LogP contribution < -0.4 is 9.73 Å². The zero-order chi connectivity index (χ0) is 20.1. The van der Waals surface area contributed by atoms with Crippen LogP contribution in [0.2, 0.25) is 5.02 Å². The number of carbonyl (C=O) groups is 1. The number of piperazine rings is 1. The van der Waals surface area contributed by atoms with Crippen LogP contribution in [0.15, 0.2) is 58.5 Å². The number of nitrogens with zero attached hydrogens (tertiary/aromatic N) is 3. The van der Waals surface area contributed by atoms with Crippen molar-refractivity contribution in [1.29, 1.82) is 0 Å². The van der Waals surface area contributed by atoms with Crippen LogP contribution in [-0.4, -0.2) is 56.9 Å². The van der Waals surface area contributed by atoms with Crippen LogP contribution in [0.5, 0.6) is 0 Å². The fourth-order valence-electron chi connectivity index (χ4n) is 2.88. The number of anilines is 1. The standard InChI is InChI=1S/C18H19ClN4O4S/c19-16-7-4-8-17(22-9-11-23(12-10-22)18(24)25)15(16)13-20-21-28(26,27)14-5-2-1-3-6-14/h1-8,13,21H,9-12H2,(H,24,25)/b20-13-. The predicted octanol–water partition coefficient (Wildman–Crippen LogP) is 2.45. The number of carboxylic acid groups (broad SMARTS) is 1. The van der Waals surface area contributed by atoms with Gasteiger partial charge in [0.1, 0.15) is 0 Å². The number of nitrogens with one attached hydrogen (secondary N) is 1. The Balaban J connectivity index is 1.78. The van der Waals surface area contributed by atoms with Crippen LogP contribution >= 0.6 is 11.6 Å². The Bertz CT molecular complexity index is 974. The molecule has 10 heteroatoms. The molecule has 148 valence electrons. The maximum absolute atomic E-state index is 12.3. The predicted molar refractivity (Wildman–Crippen MR) is 108 cm³/mol. The molecule has 3 rings (SSSR count). The lowest BCUT2D eigenvalue weighted by Gasteiger charge is -2.35. The van der Waals surface area contributed by atoms with Crippen LogP contribution in [0.4, 0.5) is 10.5 Å². The summed E-state index contributed by atoms with van der Waals surface area (Å²) in [5, 5.41) is 13.4. The minimum absolute atomic E-state index is 0.108. The highest BCUT2D eigenvalue weighted by Crippen LogP contribution is 2.27. The van der Waals surface area contributed by atoms with E-state index in [4.69, 9.17) is 16.7 Å². The quantitative estimate of drug-likeness (QED) is 0.569. The van der Waals surface area contributed by atoms with Crippen molar-refractivity contribution in [3.63, 3.8) is 0 Å². The van der Waals surface area contributed by atoms with Gasteiger partial charge in [-0.15, -0.1) is 0 Å². The van der Waals surface area contributed by atoms with Gasteiger partial charge in [-0.3, -0.25) is 0 Å². The highest BCUT2D eigenvalue weighted by atomic mass is 35.5. The minimum Gasteiger partial charge on any atom is -0.465 e. The van der Waals surface area contributed by atoms with E-state index in [1.54, 1.807) is 30.3 Å². The summed E-state index contributed by atoms with van der Waals surface area (Å²) in [6, 6.07) is 13.2. The second-order valence-corrected chi connectivity index (χ2v) is 8.16. The molecule has 8 nitrogen and oxygen atoms in total. The molecule has 28 heavy (non-hydrogen) atoms. The lowest BCUT2D eigenvalue weighted by molar-refractivity contribution is 0.142. The lowest BCUT2D eigenvalue weighted by atomic mass is 10.1. The summed E-state index contributed by atoms with van der Waals surface area (Å²) in [5.74, 6) is 0. The molecule has 1 saturated heterocycles. The molecule has 2 aromatic rings.